The van der Waals surface area contributed by atoms with Crippen LogP contribution in [-0.4, -0.2) is 16.7 Å². The van der Waals surface area contributed by atoms with Crippen LogP contribution in [0.5, 0.6) is 0 Å². The van der Waals surface area contributed by atoms with Gasteiger partial charge in [-0.3, -0.25) is 0 Å². The van der Waals surface area contributed by atoms with Crippen LogP contribution in [0.2, 0.25) is 0 Å². The lowest BCUT2D eigenvalue weighted by atomic mass is 10.3. The zero-order valence-corrected chi connectivity index (χ0v) is 11.6. The topological polar surface area (TPSA) is 81.7 Å². The third kappa shape index (κ3) is 4.04. The van der Waals surface area contributed by atoms with Crippen molar-refractivity contribution in [1.29, 1.82) is 0 Å². The van der Waals surface area contributed by atoms with Crippen molar-refractivity contribution < 1.29 is 4.39 Å². The minimum atomic E-state index is -0.262. The van der Waals surface area contributed by atoms with E-state index < -0.39 is 0 Å². The molecular formula is C15H16FN5. The highest BCUT2D eigenvalue weighted by Gasteiger charge is 2.03. The molecule has 21 heavy (non-hydrogen) atoms. The summed E-state index contributed by atoms with van der Waals surface area (Å²) in [5, 5.41) is 7.13. The molecule has 0 amide bonds. The van der Waals surface area contributed by atoms with Gasteiger partial charge >= 0.3 is 0 Å². The van der Waals surface area contributed by atoms with Gasteiger partial charge < -0.3 is 16.0 Å². The molecule has 2 aromatic rings. The minimum absolute atomic E-state index is 0.0900. The minimum Gasteiger partial charge on any atom is -0.369 e. The van der Waals surface area contributed by atoms with E-state index in [1.807, 2.05) is 35.9 Å². The second kappa shape index (κ2) is 6.51. The Hall–Kier alpha value is -2.89. The Bertz CT molecular complexity index is 709. The van der Waals surface area contributed by atoms with Crippen LogP contribution in [0.15, 0.2) is 52.8 Å². The average molecular weight is 285 g/mol. The van der Waals surface area contributed by atoms with Gasteiger partial charge in [0, 0.05) is 23.8 Å². The maximum atomic E-state index is 13.3. The molecule has 1 aromatic carbocycles. The van der Waals surface area contributed by atoms with Gasteiger partial charge in [0.2, 0.25) is 5.96 Å². The molecule has 2 rings (SSSR count). The first-order valence-corrected chi connectivity index (χ1v) is 6.30. The van der Waals surface area contributed by atoms with Crippen molar-refractivity contribution in [1.82, 2.24) is 4.57 Å². The number of aromatic nitrogens is 1. The van der Waals surface area contributed by atoms with E-state index in [0.29, 0.717) is 0 Å². The molecule has 5 nitrogen and oxygen atoms in total. The highest BCUT2D eigenvalue weighted by atomic mass is 19.1. The number of aryl methyl sites for hydroxylation is 1. The number of nitrogens with zero attached hydrogens (tertiary/aromatic N) is 3. The van der Waals surface area contributed by atoms with Crippen molar-refractivity contribution in [2.75, 3.05) is 0 Å². The number of halogens is 1. The van der Waals surface area contributed by atoms with Crippen molar-refractivity contribution in [3.8, 4) is 5.69 Å². The molecule has 108 valence electrons. The summed E-state index contributed by atoms with van der Waals surface area (Å²) in [7, 11) is 0. The highest BCUT2D eigenvalue weighted by Crippen LogP contribution is 2.17. The predicted molar refractivity (Wildman–Crippen MR) is 83.8 cm³/mol. The molecule has 0 radical (unpaired) electrons. The van der Waals surface area contributed by atoms with Crippen molar-refractivity contribution in [3.05, 3.63) is 59.7 Å². The van der Waals surface area contributed by atoms with Crippen LogP contribution in [0, 0.1) is 12.7 Å². The fraction of sp³-hybridized carbons (Fsp3) is 0.0667. The van der Waals surface area contributed by atoms with E-state index in [2.05, 4.69) is 10.2 Å². The summed E-state index contributed by atoms with van der Waals surface area (Å²) in [5.74, 6) is -0.352. The molecule has 0 bridgehead atoms. The number of guanidine groups is 1. The lowest BCUT2D eigenvalue weighted by molar-refractivity contribution is 0.626. The second-order valence-corrected chi connectivity index (χ2v) is 4.41. The number of nitrogens with two attached hydrogens (primary N) is 2. The Morgan fingerprint density at radius 1 is 1.29 bits per heavy atom. The Balaban J connectivity index is 2.18. The second-order valence-electron chi connectivity index (χ2n) is 4.41. The average Bonchev–Trinajstić information content (AvgIpc) is 2.79. The number of allylic oxidation sites excluding steroid dienone is 1. The van der Waals surface area contributed by atoms with Gasteiger partial charge in [0.15, 0.2) is 0 Å². The lowest BCUT2D eigenvalue weighted by Gasteiger charge is -2.05. The van der Waals surface area contributed by atoms with Crippen molar-refractivity contribution in [2.45, 2.75) is 6.92 Å². The maximum absolute atomic E-state index is 13.3. The van der Waals surface area contributed by atoms with Gasteiger partial charge in [0.05, 0.1) is 0 Å². The van der Waals surface area contributed by atoms with Gasteiger partial charge in [0.1, 0.15) is 5.82 Å². The van der Waals surface area contributed by atoms with Gasteiger partial charge in [-0.05, 0) is 42.8 Å². The molecule has 0 aliphatic rings. The van der Waals surface area contributed by atoms with Crippen molar-refractivity contribution >= 4 is 18.3 Å². The van der Waals surface area contributed by atoms with Gasteiger partial charge in [-0.2, -0.15) is 5.10 Å². The molecule has 1 heterocycles. The summed E-state index contributed by atoms with van der Waals surface area (Å²) >= 11 is 0. The predicted octanol–water partition coefficient (Wildman–Crippen LogP) is 2.20. The first kappa shape index (κ1) is 14.5. The van der Waals surface area contributed by atoms with Gasteiger partial charge in [0.25, 0.3) is 0 Å². The smallest absolute Gasteiger partial charge is 0.211 e. The van der Waals surface area contributed by atoms with E-state index in [4.69, 9.17) is 11.5 Å². The molecule has 1 aromatic heterocycles. The SMILES string of the molecule is Cc1cc(/C=C/C=N\N=C(N)N)cn1-c1cccc(F)c1. The zero-order chi connectivity index (χ0) is 15.2. The fourth-order valence-corrected chi connectivity index (χ4v) is 1.89. The maximum Gasteiger partial charge on any atom is 0.211 e. The largest absolute Gasteiger partial charge is 0.369 e. The third-order valence-electron chi connectivity index (χ3n) is 2.73. The Labute approximate surface area is 122 Å². The zero-order valence-electron chi connectivity index (χ0n) is 11.6. The van der Waals surface area contributed by atoms with Crippen LogP contribution in [0.1, 0.15) is 11.3 Å². The van der Waals surface area contributed by atoms with Gasteiger partial charge in [-0.25, -0.2) is 4.39 Å². The molecule has 0 saturated carbocycles. The fourth-order valence-electron chi connectivity index (χ4n) is 1.89. The van der Waals surface area contributed by atoms with E-state index >= 15 is 0 Å². The van der Waals surface area contributed by atoms with Crippen molar-refractivity contribution in [3.63, 3.8) is 0 Å². The summed E-state index contributed by atoms with van der Waals surface area (Å²) in [5.41, 5.74) is 13.0. The van der Waals surface area contributed by atoms with E-state index in [0.717, 1.165) is 16.9 Å². The monoisotopic (exact) mass is 285 g/mol. The highest BCUT2D eigenvalue weighted by molar-refractivity contribution is 5.80. The van der Waals surface area contributed by atoms with Crippen LogP contribution in [0.4, 0.5) is 4.39 Å². The molecule has 6 heteroatoms. The molecule has 0 aliphatic carbocycles. The summed E-state index contributed by atoms with van der Waals surface area (Å²) in [6.07, 6.45) is 6.97. The Kier molecular flexibility index (Phi) is 4.50. The van der Waals surface area contributed by atoms with E-state index in [-0.39, 0.29) is 11.8 Å². The number of hydrogen-bond donors (Lipinski definition) is 2. The van der Waals surface area contributed by atoms with E-state index in [1.54, 1.807) is 12.1 Å². The Morgan fingerprint density at radius 3 is 2.81 bits per heavy atom. The first-order chi connectivity index (χ1) is 10.1. The van der Waals surface area contributed by atoms with Crippen LogP contribution < -0.4 is 11.5 Å². The molecule has 0 saturated heterocycles. The first-order valence-electron chi connectivity index (χ1n) is 6.30. The number of hydrogen-bond acceptors (Lipinski definition) is 2. The molecular weight excluding hydrogens is 269 g/mol. The molecule has 0 unspecified atom stereocenters. The van der Waals surface area contributed by atoms with E-state index in [9.17, 15) is 4.39 Å². The summed E-state index contributed by atoms with van der Waals surface area (Å²) in [6.45, 7) is 1.95. The van der Waals surface area contributed by atoms with Crippen LogP contribution >= 0.6 is 0 Å². The third-order valence-corrected chi connectivity index (χ3v) is 2.73. The van der Waals surface area contributed by atoms with E-state index in [1.165, 1.54) is 18.3 Å². The van der Waals surface area contributed by atoms with Crippen molar-refractivity contribution in [2.24, 2.45) is 21.7 Å². The molecule has 0 aliphatic heterocycles. The summed E-state index contributed by atoms with van der Waals surface area (Å²) in [6, 6.07) is 8.42. The van der Waals surface area contributed by atoms with Gasteiger partial charge in [-0.15, -0.1) is 5.10 Å². The molecule has 0 spiro atoms. The van der Waals surface area contributed by atoms with Crippen LogP contribution in [0.25, 0.3) is 11.8 Å². The summed E-state index contributed by atoms with van der Waals surface area (Å²) in [4.78, 5) is 0. The van der Waals surface area contributed by atoms with Gasteiger partial charge in [-0.1, -0.05) is 12.1 Å². The van der Waals surface area contributed by atoms with Crippen LogP contribution in [0.3, 0.4) is 0 Å². The summed E-state index contributed by atoms with van der Waals surface area (Å²) < 4.78 is 15.2. The normalized spacial score (nSPS) is 11.3. The quantitative estimate of drug-likeness (QED) is 0.513. The number of benzene rings is 1. The molecule has 4 N–H and O–H groups in total. The number of rotatable bonds is 4. The molecule has 0 fully saturated rings. The Morgan fingerprint density at radius 2 is 2.10 bits per heavy atom. The lowest BCUT2D eigenvalue weighted by Crippen LogP contribution is -2.21. The van der Waals surface area contributed by atoms with Crippen LogP contribution in [-0.2, 0) is 0 Å². The molecule has 0 atom stereocenters. The standard InChI is InChI=1S/C15H16FN5/c1-11-8-12(4-3-7-19-20-15(17)18)10-21(11)14-6-2-5-13(16)9-14/h2-10H,1H3,(H4,17,18,20)/b4-3+,19-7-.